The predicted molar refractivity (Wildman–Crippen MR) is 130 cm³/mol. The van der Waals surface area contributed by atoms with Gasteiger partial charge < -0.3 is 15.0 Å². The maximum atomic E-state index is 13.1. The predicted octanol–water partition coefficient (Wildman–Crippen LogP) is 4.19. The molecule has 1 aliphatic rings. The van der Waals surface area contributed by atoms with Crippen molar-refractivity contribution < 1.29 is 17.9 Å². The first-order valence-corrected chi connectivity index (χ1v) is 13.0. The molecule has 180 valence electrons. The molecule has 4 rings (SSSR count). The van der Waals surface area contributed by atoms with Gasteiger partial charge in [-0.15, -0.1) is 0 Å². The Bertz CT molecular complexity index is 1230. The Morgan fingerprint density at radius 2 is 1.91 bits per heavy atom. The third-order valence-corrected chi connectivity index (χ3v) is 7.66. The van der Waals surface area contributed by atoms with Crippen molar-refractivity contribution in [1.29, 1.82) is 0 Å². The molecule has 1 unspecified atom stereocenters. The van der Waals surface area contributed by atoms with Crippen molar-refractivity contribution in [1.82, 2.24) is 20.0 Å². The third-order valence-electron chi connectivity index (χ3n) is 6.12. The summed E-state index contributed by atoms with van der Waals surface area (Å²) in [6, 6.07) is 13.8. The van der Waals surface area contributed by atoms with Crippen molar-refractivity contribution >= 4 is 15.9 Å². The maximum Gasteiger partial charge on any atom is 0.251 e. The van der Waals surface area contributed by atoms with Crippen molar-refractivity contribution in [2.45, 2.75) is 56.0 Å². The highest BCUT2D eigenvalue weighted by Crippen LogP contribution is 2.28. The van der Waals surface area contributed by atoms with E-state index in [1.165, 1.54) is 19.2 Å². The molecule has 1 heterocycles. The van der Waals surface area contributed by atoms with Crippen LogP contribution in [0.2, 0.25) is 0 Å². The lowest BCUT2D eigenvalue weighted by Gasteiger charge is -2.17. The van der Waals surface area contributed by atoms with Gasteiger partial charge >= 0.3 is 0 Å². The standard InChI is InChI=1S/C25H30N4O4S/c1-3-20(24-26-16-21(27-24)17-9-5-4-6-10-17)28-25(30)18-13-14-22(33-2)23(15-18)34(31,32)29-19-11-7-8-12-19/h4-6,9-10,13-16,19-20,29H,3,7-8,11-12H2,1-2H3,(H,26,27)(H,28,30). The minimum atomic E-state index is -3.83. The Labute approximate surface area is 200 Å². The molecule has 1 aromatic heterocycles. The molecule has 0 aliphatic heterocycles. The summed E-state index contributed by atoms with van der Waals surface area (Å²) >= 11 is 0. The molecule has 1 saturated carbocycles. The highest BCUT2D eigenvalue weighted by atomic mass is 32.2. The number of aromatic amines is 1. The topological polar surface area (TPSA) is 113 Å². The van der Waals surface area contributed by atoms with E-state index in [1.807, 2.05) is 37.3 Å². The van der Waals surface area contributed by atoms with Crippen LogP contribution in [0.15, 0.2) is 59.6 Å². The summed E-state index contributed by atoms with van der Waals surface area (Å²) in [5.41, 5.74) is 2.10. The van der Waals surface area contributed by atoms with Crippen LogP contribution < -0.4 is 14.8 Å². The second-order valence-corrected chi connectivity index (χ2v) is 10.1. The zero-order valence-electron chi connectivity index (χ0n) is 19.4. The molecule has 1 aliphatic carbocycles. The molecule has 0 bridgehead atoms. The lowest BCUT2D eigenvalue weighted by molar-refractivity contribution is 0.0933. The van der Waals surface area contributed by atoms with E-state index >= 15 is 0 Å². The van der Waals surface area contributed by atoms with Gasteiger partial charge in [-0.3, -0.25) is 4.79 Å². The van der Waals surface area contributed by atoms with E-state index in [1.54, 1.807) is 12.3 Å². The summed E-state index contributed by atoms with van der Waals surface area (Å²) in [6.07, 6.45) is 5.99. The average Bonchev–Trinajstić information content (AvgIpc) is 3.55. The van der Waals surface area contributed by atoms with Crippen molar-refractivity contribution in [3.63, 3.8) is 0 Å². The third kappa shape index (κ3) is 5.31. The van der Waals surface area contributed by atoms with E-state index in [-0.39, 0.29) is 34.2 Å². The second kappa shape index (κ2) is 10.4. The number of H-pyrrole nitrogens is 1. The molecule has 1 fully saturated rings. The number of nitrogens with one attached hydrogen (secondary N) is 3. The molecule has 0 saturated heterocycles. The number of hydrogen-bond donors (Lipinski definition) is 3. The van der Waals surface area contributed by atoms with Gasteiger partial charge in [0.15, 0.2) is 0 Å². The smallest absolute Gasteiger partial charge is 0.251 e. The van der Waals surface area contributed by atoms with Gasteiger partial charge in [-0.05, 0) is 43.0 Å². The number of rotatable bonds is 9. The number of amides is 1. The zero-order valence-corrected chi connectivity index (χ0v) is 20.2. The van der Waals surface area contributed by atoms with E-state index in [9.17, 15) is 13.2 Å². The highest BCUT2D eigenvalue weighted by molar-refractivity contribution is 7.89. The molecule has 3 N–H and O–H groups in total. The van der Waals surface area contributed by atoms with Gasteiger partial charge in [0, 0.05) is 11.6 Å². The number of ether oxygens (including phenoxy) is 1. The van der Waals surface area contributed by atoms with Gasteiger partial charge in [-0.1, -0.05) is 50.1 Å². The summed E-state index contributed by atoms with van der Waals surface area (Å²) in [5, 5.41) is 2.96. The number of methoxy groups -OCH3 is 1. The fourth-order valence-corrected chi connectivity index (χ4v) is 5.74. The number of imidazole rings is 1. The molecule has 1 atom stereocenters. The summed E-state index contributed by atoms with van der Waals surface area (Å²) in [6.45, 7) is 1.95. The molecule has 0 spiro atoms. The summed E-state index contributed by atoms with van der Waals surface area (Å²) in [4.78, 5) is 20.8. The van der Waals surface area contributed by atoms with Crippen molar-refractivity contribution in [3.05, 3.63) is 66.1 Å². The van der Waals surface area contributed by atoms with Crippen LogP contribution in [-0.2, 0) is 10.0 Å². The molecule has 2 aromatic carbocycles. The van der Waals surface area contributed by atoms with Gasteiger partial charge in [0.1, 0.15) is 16.5 Å². The molecule has 8 nitrogen and oxygen atoms in total. The van der Waals surface area contributed by atoms with E-state index < -0.39 is 10.0 Å². The second-order valence-electron chi connectivity index (χ2n) is 8.45. The number of nitrogens with zero attached hydrogens (tertiary/aromatic N) is 1. The molecule has 34 heavy (non-hydrogen) atoms. The van der Waals surface area contributed by atoms with Crippen LogP contribution in [0.25, 0.3) is 11.3 Å². The molecule has 1 amide bonds. The minimum absolute atomic E-state index is 0.0352. The SMILES string of the molecule is CCC(NC(=O)c1ccc(OC)c(S(=O)(=O)NC2CCCC2)c1)c1ncc(-c2ccccc2)[nH]1. The number of carbonyl (C=O) groups excluding carboxylic acids is 1. The number of benzene rings is 2. The Hall–Kier alpha value is -3.17. The Balaban J connectivity index is 1.54. The van der Waals surface area contributed by atoms with Crippen molar-refractivity contribution in [2.24, 2.45) is 0 Å². The largest absolute Gasteiger partial charge is 0.495 e. The molecule has 3 aromatic rings. The first kappa shape index (κ1) is 24.0. The van der Waals surface area contributed by atoms with Gasteiger partial charge in [0.2, 0.25) is 10.0 Å². The Morgan fingerprint density at radius 3 is 2.59 bits per heavy atom. The lowest BCUT2D eigenvalue weighted by Crippen LogP contribution is -2.33. The normalized spacial score (nSPS) is 15.2. The maximum absolute atomic E-state index is 13.1. The van der Waals surface area contributed by atoms with Gasteiger partial charge in [-0.25, -0.2) is 18.1 Å². The van der Waals surface area contributed by atoms with E-state index in [0.717, 1.165) is 36.9 Å². The van der Waals surface area contributed by atoms with E-state index in [2.05, 4.69) is 20.0 Å². The monoisotopic (exact) mass is 482 g/mol. The fraction of sp³-hybridized carbons (Fsp3) is 0.360. The summed E-state index contributed by atoms with van der Waals surface area (Å²) in [7, 11) is -2.41. The van der Waals surface area contributed by atoms with Crippen LogP contribution in [-0.4, -0.2) is 37.4 Å². The number of aromatic nitrogens is 2. The first-order valence-electron chi connectivity index (χ1n) is 11.5. The van der Waals surface area contributed by atoms with E-state index in [4.69, 9.17) is 4.74 Å². The number of hydrogen-bond acceptors (Lipinski definition) is 5. The number of carbonyl (C=O) groups is 1. The Morgan fingerprint density at radius 1 is 1.18 bits per heavy atom. The molecule has 0 radical (unpaired) electrons. The van der Waals surface area contributed by atoms with E-state index in [0.29, 0.717) is 12.2 Å². The lowest BCUT2D eigenvalue weighted by atomic mass is 10.1. The molecule has 9 heteroatoms. The quantitative estimate of drug-likeness (QED) is 0.423. The van der Waals surface area contributed by atoms with Gasteiger partial charge in [0.25, 0.3) is 5.91 Å². The van der Waals surface area contributed by atoms with Crippen LogP contribution in [0.5, 0.6) is 5.75 Å². The Kier molecular flexibility index (Phi) is 7.33. The average molecular weight is 483 g/mol. The fourth-order valence-electron chi connectivity index (χ4n) is 4.24. The summed E-state index contributed by atoms with van der Waals surface area (Å²) < 4.78 is 34.1. The highest BCUT2D eigenvalue weighted by Gasteiger charge is 2.27. The zero-order chi connectivity index (χ0) is 24.1. The van der Waals surface area contributed by atoms with Gasteiger partial charge in [0.05, 0.1) is 25.0 Å². The molecular formula is C25H30N4O4S. The summed E-state index contributed by atoms with van der Waals surface area (Å²) in [5.74, 6) is 0.455. The van der Waals surface area contributed by atoms with Gasteiger partial charge in [-0.2, -0.15) is 0 Å². The van der Waals surface area contributed by atoms with Crippen molar-refractivity contribution in [3.8, 4) is 17.0 Å². The van der Waals surface area contributed by atoms with Crippen LogP contribution in [0, 0.1) is 0 Å². The van der Waals surface area contributed by atoms with Crippen LogP contribution >= 0.6 is 0 Å². The first-order chi connectivity index (χ1) is 16.4. The van der Waals surface area contributed by atoms with Crippen LogP contribution in [0.1, 0.15) is 61.3 Å². The number of sulfonamides is 1. The molecular weight excluding hydrogens is 452 g/mol. The van der Waals surface area contributed by atoms with Crippen LogP contribution in [0.3, 0.4) is 0 Å². The van der Waals surface area contributed by atoms with Crippen LogP contribution in [0.4, 0.5) is 0 Å². The minimum Gasteiger partial charge on any atom is -0.495 e. The van der Waals surface area contributed by atoms with Crippen molar-refractivity contribution in [2.75, 3.05) is 7.11 Å².